The van der Waals surface area contributed by atoms with Crippen molar-refractivity contribution in [2.75, 3.05) is 0 Å². The average Bonchev–Trinajstić information content (AvgIpc) is 2.48. The predicted molar refractivity (Wildman–Crippen MR) is 80.1 cm³/mol. The Labute approximate surface area is 123 Å². The van der Waals surface area contributed by atoms with Gasteiger partial charge in [0.2, 0.25) is 0 Å². The zero-order valence-corrected chi connectivity index (χ0v) is 11.9. The SMILES string of the molecule is O=C(c1ccc(Br)cc1)c1coc(=O)c2ccccc12. The molecule has 0 unspecified atom stereocenters. The molecule has 0 saturated heterocycles. The summed E-state index contributed by atoms with van der Waals surface area (Å²) in [5.74, 6) is -0.169. The second-order valence-electron chi connectivity index (χ2n) is 4.32. The Morgan fingerprint density at radius 3 is 2.30 bits per heavy atom. The van der Waals surface area contributed by atoms with Gasteiger partial charge in [-0.3, -0.25) is 4.79 Å². The Morgan fingerprint density at radius 2 is 1.60 bits per heavy atom. The van der Waals surface area contributed by atoms with Gasteiger partial charge in [-0.05, 0) is 30.3 Å². The van der Waals surface area contributed by atoms with Crippen molar-refractivity contribution in [1.29, 1.82) is 0 Å². The van der Waals surface area contributed by atoms with Crippen molar-refractivity contribution in [2.24, 2.45) is 0 Å². The monoisotopic (exact) mass is 328 g/mol. The predicted octanol–water partition coefficient (Wildman–Crippen LogP) is 3.79. The largest absolute Gasteiger partial charge is 0.430 e. The van der Waals surface area contributed by atoms with E-state index in [1.807, 2.05) is 0 Å². The fourth-order valence-electron chi connectivity index (χ4n) is 2.07. The van der Waals surface area contributed by atoms with E-state index in [0.29, 0.717) is 21.9 Å². The highest BCUT2D eigenvalue weighted by Gasteiger charge is 2.15. The van der Waals surface area contributed by atoms with Crippen LogP contribution in [0.3, 0.4) is 0 Å². The van der Waals surface area contributed by atoms with Crippen LogP contribution >= 0.6 is 15.9 Å². The third-order valence-electron chi connectivity index (χ3n) is 3.07. The number of benzene rings is 2. The highest BCUT2D eigenvalue weighted by Crippen LogP contribution is 2.20. The first-order valence-corrected chi connectivity index (χ1v) is 6.77. The summed E-state index contributed by atoms with van der Waals surface area (Å²) in [5.41, 5.74) is 0.502. The maximum atomic E-state index is 12.5. The summed E-state index contributed by atoms with van der Waals surface area (Å²) < 4.78 is 5.85. The fraction of sp³-hybridized carbons (Fsp3) is 0. The van der Waals surface area contributed by atoms with Crippen LogP contribution < -0.4 is 5.63 Å². The van der Waals surface area contributed by atoms with E-state index < -0.39 is 5.63 Å². The zero-order chi connectivity index (χ0) is 14.1. The van der Waals surface area contributed by atoms with Crippen molar-refractivity contribution in [3.05, 3.63) is 80.8 Å². The molecule has 0 fully saturated rings. The summed E-state index contributed by atoms with van der Waals surface area (Å²) in [7, 11) is 0. The number of ketones is 1. The van der Waals surface area contributed by atoms with Gasteiger partial charge in [0.15, 0.2) is 5.78 Å². The molecule has 20 heavy (non-hydrogen) atoms. The Kier molecular flexibility index (Phi) is 3.24. The topological polar surface area (TPSA) is 47.3 Å². The minimum atomic E-state index is -0.437. The third kappa shape index (κ3) is 2.18. The van der Waals surface area contributed by atoms with E-state index in [0.717, 1.165) is 4.47 Å². The molecule has 0 radical (unpaired) electrons. The van der Waals surface area contributed by atoms with Crippen LogP contribution in [-0.4, -0.2) is 5.78 Å². The lowest BCUT2D eigenvalue weighted by molar-refractivity contribution is 0.103. The summed E-state index contributed by atoms with van der Waals surface area (Å²) in [6.07, 6.45) is 1.23. The third-order valence-corrected chi connectivity index (χ3v) is 3.60. The summed E-state index contributed by atoms with van der Waals surface area (Å²) in [4.78, 5) is 24.2. The molecule has 3 aromatic rings. The first-order chi connectivity index (χ1) is 9.66. The zero-order valence-electron chi connectivity index (χ0n) is 10.3. The molecule has 2 aromatic carbocycles. The number of hydrogen-bond donors (Lipinski definition) is 0. The number of hydrogen-bond acceptors (Lipinski definition) is 3. The molecule has 3 nitrogen and oxygen atoms in total. The average molecular weight is 329 g/mol. The molecular weight excluding hydrogens is 320 g/mol. The fourth-order valence-corrected chi connectivity index (χ4v) is 2.33. The second kappa shape index (κ2) is 5.06. The van der Waals surface area contributed by atoms with E-state index in [9.17, 15) is 9.59 Å². The van der Waals surface area contributed by atoms with E-state index >= 15 is 0 Å². The maximum Gasteiger partial charge on any atom is 0.343 e. The molecule has 0 aliphatic heterocycles. The molecule has 0 aliphatic rings. The van der Waals surface area contributed by atoms with Gasteiger partial charge >= 0.3 is 5.63 Å². The highest BCUT2D eigenvalue weighted by molar-refractivity contribution is 9.10. The molecular formula is C16H9BrO3. The molecule has 3 rings (SSSR count). The van der Waals surface area contributed by atoms with Crippen LogP contribution in [0, 0.1) is 0 Å². The number of fused-ring (bicyclic) bond motifs is 1. The quantitative estimate of drug-likeness (QED) is 0.672. The first-order valence-electron chi connectivity index (χ1n) is 5.97. The van der Waals surface area contributed by atoms with Crippen molar-refractivity contribution >= 4 is 32.5 Å². The van der Waals surface area contributed by atoms with Crippen molar-refractivity contribution in [3.8, 4) is 0 Å². The van der Waals surface area contributed by atoms with Crippen LogP contribution in [0.25, 0.3) is 10.8 Å². The summed E-state index contributed by atoms with van der Waals surface area (Å²) in [6.45, 7) is 0. The maximum absolute atomic E-state index is 12.5. The van der Waals surface area contributed by atoms with E-state index in [4.69, 9.17) is 4.42 Å². The molecule has 0 spiro atoms. The van der Waals surface area contributed by atoms with Crippen LogP contribution in [0.2, 0.25) is 0 Å². The van der Waals surface area contributed by atoms with Gasteiger partial charge in [-0.15, -0.1) is 0 Å². The van der Waals surface area contributed by atoms with Crippen LogP contribution in [0.1, 0.15) is 15.9 Å². The molecule has 0 N–H and O–H groups in total. The van der Waals surface area contributed by atoms with Gasteiger partial charge in [0.25, 0.3) is 0 Å². The van der Waals surface area contributed by atoms with Crippen LogP contribution in [-0.2, 0) is 0 Å². The molecule has 1 heterocycles. The summed E-state index contributed by atoms with van der Waals surface area (Å²) >= 11 is 3.33. The minimum absolute atomic E-state index is 0.169. The molecule has 0 atom stereocenters. The van der Waals surface area contributed by atoms with E-state index in [1.54, 1.807) is 48.5 Å². The second-order valence-corrected chi connectivity index (χ2v) is 5.23. The van der Waals surface area contributed by atoms with Crippen molar-refractivity contribution in [2.45, 2.75) is 0 Å². The van der Waals surface area contributed by atoms with Gasteiger partial charge in [-0.1, -0.05) is 34.1 Å². The van der Waals surface area contributed by atoms with Gasteiger partial charge in [-0.2, -0.15) is 0 Å². The van der Waals surface area contributed by atoms with E-state index in [-0.39, 0.29) is 5.78 Å². The summed E-state index contributed by atoms with van der Waals surface area (Å²) in [5, 5.41) is 1.02. The van der Waals surface area contributed by atoms with Gasteiger partial charge in [0.1, 0.15) is 6.26 Å². The molecule has 4 heteroatoms. The minimum Gasteiger partial charge on any atom is -0.430 e. The van der Waals surface area contributed by atoms with E-state index in [1.165, 1.54) is 6.26 Å². The van der Waals surface area contributed by atoms with Gasteiger partial charge in [0.05, 0.1) is 10.9 Å². The van der Waals surface area contributed by atoms with Crippen molar-refractivity contribution < 1.29 is 9.21 Å². The van der Waals surface area contributed by atoms with Crippen LogP contribution in [0.4, 0.5) is 0 Å². The highest BCUT2D eigenvalue weighted by atomic mass is 79.9. The molecule has 1 aromatic heterocycles. The number of carbonyl (C=O) groups is 1. The first kappa shape index (κ1) is 12.8. The molecule has 0 aliphatic carbocycles. The normalized spacial score (nSPS) is 10.7. The van der Waals surface area contributed by atoms with Crippen LogP contribution in [0.15, 0.2) is 68.5 Å². The Morgan fingerprint density at radius 1 is 0.950 bits per heavy atom. The molecule has 0 bridgehead atoms. The molecule has 0 amide bonds. The molecule has 98 valence electrons. The smallest absolute Gasteiger partial charge is 0.343 e. The Balaban J connectivity index is 2.20. The van der Waals surface area contributed by atoms with E-state index in [2.05, 4.69) is 15.9 Å². The number of halogens is 1. The molecule has 0 saturated carbocycles. The van der Waals surface area contributed by atoms with Gasteiger partial charge in [-0.25, -0.2) is 4.79 Å². The standard InChI is InChI=1S/C16H9BrO3/c17-11-7-5-10(6-8-11)15(18)14-9-20-16(19)13-4-2-1-3-12(13)14/h1-9H. The van der Waals surface area contributed by atoms with Crippen LogP contribution in [0.5, 0.6) is 0 Å². The van der Waals surface area contributed by atoms with Crippen molar-refractivity contribution in [1.82, 2.24) is 0 Å². The lowest BCUT2D eigenvalue weighted by Crippen LogP contribution is -2.07. The number of carbonyl (C=O) groups excluding carboxylic acids is 1. The summed E-state index contributed by atoms with van der Waals surface area (Å²) in [6, 6.07) is 14.0. The lowest BCUT2D eigenvalue weighted by atomic mass is 10.0. The Bertz CT molecular complexity index is 847. The van der Waals surface area contributed by atoms with Gasteiger partial charge < -0.3 is 4.42 Å². The lowest BCUT2D eigenvalue weighted by Gasteiger charge is -2.04. The van der Waals surface area contributed by atoms with Crippen molar-refractivity contribution in [3.63, 3.8) is 0 Å². The van der Waals surface area contributed by atoms with Gasteiger partial charge in [0, 0.05) is 15.4 Å². The Hall–Kier alpha value is -2.20. The number of rotatable bonds is 2.